The largest absolute Gasteiger partial charge is 0.465 e. The van der Waals surface area contributed by atoms with Crippen molar-refractivity contribution in [2.24, 2.45) is 5.10 Å². The van der Waals surface area contributed by atoms with E-state index in [9.17, 15) is 4.79 Å². The fourth-order valence-electron chi connectivity index (χ4n) is 2.69. The van der Waals surface area contributed by atoms with Gasteiger partial charge in [0.2, 0.25) is 0 Å². The van der Waals surface area contributed by atoms with Crippen LogP contribution in [0.3, 0.4) is 0 Å². The molecule has 1 aliphatic rings. The Morgan fingerprint density at radius 2 is 1.68 bits per heavy atom. The second-order valence-corrected chi connectivity index (χ2v) is 6.21. The Labute approximate surface area is 152 Å². The molecule has 130 valence electrons. The van der Waals surface area contributed by atoms with Crippen molar-refractivity contribution < 1.29 is 9.53 Å². The standard InChI is InChI=1S/C19H20ClN3O2/c1-25-19(24)16-4-2-15(3-5-16)14-21-23-12-10-22(11-13-23)18-8-6-17(20)7-9-18/h2-9,14H,10-13H2,1H3. The molecule has 2 aromatic carbocycles. The van der Waals surface area contributed by atoms with Crippen LogP contribution in [0.1, 0.15) is 15.9 Å². The molecular formula is C19H20ClN3O2. The lowest BCUT2D eigenvalue weighted by Crippen LogP contribution is -2.44. The highest BCUT2D eigenvalue weighted by Crippen LogP contribution is 2.19. The van der Waals surface area contributed by atoms with Gasteiger partial charge in [-0.2, -0.15) is 5.10 Å². The number of nitrogens with zero attached hydrogens (tertiary/aromatic N) is 3. The van der Waals surface area contributed by atoms with E-state index >= 15 is 0 Å². The third kappa shape index (κ3) is 4.51. The molecule has 1 fully saturated rings. The van der Waals surface area contributed by atoms with Crippen LogP contribution >= 0.6 is 11.6 Å². The van der Waals surface area contributed by atoms with Crippen LogP contribution in [0, 0.1) is 0 Å². The van der Waals surface area contributed by atoms with Crippen LogP contribution in [0.15, 0.2) is 53.6 Å². The van der Waals surface area contributed by atoms with Gasteiger partial charge in [0.15, 0.2) is 0 Å². The minimum absolute atomic E-state index is 0.332. The molecule has 1 saturated heterocycles. The molecule has 0 amide bonds. The number of anilines is 1. The van der Waals surface area contributed by atoms with Gasteiger partial charge in [0.25, 0.3) is 0 Å². The molecule has 0 atom stereocenters. The van der Waals surface area contributed by atoms with Crippen molar-refractivity contribution in [1.29, 1.82) is 0 Å². The van der Waals surface area contributed by atoms with E-state index in [0.717, 1.165) is 36.8 Å². The number of hydrogen-bond acceptors (Lipinski definition) is 5. The van der Waals surface area contributed by atoms with Crippen molar-refractivity contribution in [2.45, 2.75) is 0 Å². The summed E-state index contributed by atoms with van der Waals surface area (Å²) in [6.07, 6.45) is 1.82. The summed E-state index contributed by atoms with van der Waals surface area (Å²) in [5.74, 6) is -0.332. The van der Waals surface area contributed by atoms with Gasteiger partial charge < -0.3 is 9.64 Å². The molecule has 0 bridgehead atoms. The minimum Gasteiger partial charge on any atom is -0.465 e. The Bertz CT molecular complexity index is 736. The first-order chi connectivity index (χ1) is 12.2. The number of hydrazone groups is 1. The van der Waals surface area contributed by atoms with E-state index in [-0.39, 0.29) is 5.97 Å². The lowest BCUT2D eigenvalue weighted by molar-refractivity contribution is 0.0600. The maximum atomic E-state index is 11.4. The Morgan fingerprint density at radius 3 is 2.28 bits per heavy atom. The van der Waals surface area contributed by atoms with Crippen LogP contribution in [0.4, 0.5) is 5.69 Å². The zero-order valence-electron chi connectivity index (χ0n) is 14.1. The predicted octanol–water partition coefficient (Wildman–Crippen LogP) is 3.28. The topological polar surface area (TPSA) is 45.1 Å². The smallest absolute Gasteiger partial charge is 0.337 e. The lowest BCUT2D eigenvalue weighted by atomic mass is 10.1. The second-order valence-electron chi connectivity index (χ2n) is 5.78. The van der Waals surface area contributed by atoms with Crippen molar-refractivity contribution in [3.63, 3.8) is 0 Å². The molecular weight excluding hydrogens is 338 g/mol. The van der Waals surface area contributed by atoms with Crippen molar-refractivity contribution in [3.05, 3.63) is 64.7 Å². The lowest BCUT2D eigenvalue weighted by Gasteiger charge is -2.34. The average Bonchev–Trinajstić information content (AvgIpc) is 2.67. The van der Waals surface area contributed by atoms with E-state index in [1.165, 1.54) is 12.8 Å². The third-order valence-electron chi connectivity index (χ3n) is 4.15. The van der Waals surface area contributed by atoms with Crippen LogP contribution < -0.4 is 4.90 Å². The van der Waals surface area contributed by atoms with Gasteiger partial charge in [-0.3, -0.25) is 5.01 Å². The molecule has 0 N–H and O–H groups in total. The summed E-state index contributed by atoms with van der Waals surface area (Å²) in [7, 11) is 1.38. The van der Waals surface area contributed by atoms with Gasteiger partial charge in [-0.25, -0.2) is 4.79 Å². The van der Waals surface area contributed by atoms with Crippen LogP contribution in [0.25, 0.3) is 0 Å². The molecule has 25 heavy (non-hydrogen) atoms. The highest BCUT2D eigenvalue weighted by molar-refractivity contribution is 6.30. The zero-order valence-corrected chi connectivity index (χ0v) is 14.8. The highest BCUT2D eigenvalue weighted by Gasteiger charge is 2.15. The molecule has 3 rings (SSSR count). The molecule has 1 aliphatic heterocycles. The van der Waals surface area contributed by atoms with Gasteiger partial charge in [-0.15, -0.1) is 0 Å². The molecule has 0 radical (unpaired) electrons. The number of halogens is 1. The average molecular weight is 358 g/mol. The Hall–Kier alpha value is -2.53. The Kier molecular flexibility index (Phi) is 5.56. The number of methoxy groups -OCH3 is 1. The molecule has 6 heteroatoms. The van der Waals surface area contributed by atoms with E-state index < -0.39 is 0 Å². The summed E-state index contributed by atoms with van der Waals surface area (Å²) < 4.78 is 4.69. The van der Waals surface area contributed by atoms with Gasteiger partial charge >= 0.3 is 5.97 Å². The molecule has 0 aliphatic carbocycles. The quantitative estimate of drug-likeness (QED) is 0.622. The molecule has 0 spiro atoms. The molecule has 2 aromatic rings. The van der Waals surface area contributed by atoms with Crippen molar-refractivity contribution in [1.82, 2.24) is 5.01 Å². The normalized spacial score (nSPS) is 14.8. The number of ether oxygens (including phenoxy) is 1. The molecule has 5 nitrogen and oxygen atoms in total. The number of carbonyl (C=O) groups is 1. The van der Waals surface area contributed by atoms with Gasteiger partial charge in [-0.1, -0.05) is 23.7 Å². The number of carbonyl (C=O) groups excluding carboxylic acids is 1. The number of hydrogen-bond donors (Lipinski definition) is 0. The van der Waals surface area contributed by atoms with Crippen LogP contribution in [0.2, 0.25) is 5.02 Å². The van der Waals surface area contributed by atoms with E-state index in [2.05, 4.69) is 15.0 Å². The van der Waals surface area contributed by atoms with Crippen LogP contribution in [-0.4, -0.2) is 50.5 Å². The highest BCUT2D eigenvalue weighted by atomic mass is 35.5. The number of rotatable bonds is 4. The molecule has 0 aromatic heterocycles. The monoisotopic (exact) mass is 357 g/mol. The maximum absolute atomic E-state index is 11.4. The fourth-order valence-corrected chi connectivity index (χ4v) is 2.82. The number of piperazine rings is 1. The first-order valence-corrected chi connectivity index (χ1v) is 8.51. The summed E-state index contributed by atoms with van der Waals surface area (Å²) in [6, 6.07) is 15.1. The van der Waals surface area contributed by atoms with Crippen LogP contribution in [0.5, 0.6) is 0 Å². The van der Waals surface area contributed by atoms with Gasteiger partial charge in [0, 0.05) is 23.8 Å². The summed E-state index contributed by atoms with van der Waals surface area (Å²) >= 11 is 5.94. The fraction of sp³-hybridized carbons (Fsp3) is 0.263. The van der Waals surface area contributed by atoms with Gasteiger partial charge in [-0.05, 0) is 42.0 Å². The maximum Gasteiger partial charge on any atom is 0.337 e. The Balaban J connectivity index is 1.54. The third-order valence-corrected chi connectivity index (χ3v) is 4.40. The summed E-state index contributed by atoms with van der Waals surface area (Å²) in [5, 5.41) is 7.35. The Morgan fingerprint density at radius 1 is 1.04 bits per heavy atom. The summed E-state index contributed by atoms with van der Waals surface area (Å²) in [5.41, 5.74) is 2.68. The summed E-state index contributed by atoms with van der Waals surface area (Å²) in [6.45, 7) is 3.55. The van der Waals surface area contributed by atoms with E-state index in [0.29, 0.717) is 5.56 Å². The first kappa shape index (κ1) is 17.3. The predicted molar refractivity (Wildman–Crippen MR) is 101 cm³/mol. The number of esters is 1. The first-order valence-electron chi connectivity index (χ1n) is 8.13. The van der Waals surface area contributed by atoms with Crippen molar-refractivity contribution >= 4 is 29.5 Å². The van der Waals surface area contributed by atoms with Gasteiger partial charge in [0.05, 0.1) is 32.0 Å². The van der Waals surface area contributed by atoms with E-state index in [1.54, 1.807) is 12.1 Å². The van der Waals surface area contributed by atoms with E-state index in [4.69, 9.17) is 16.3 Å². The zero-order chi connectivity index (χ0) is 17.6. The number of benzene rings is 2. The van der Waals surface area contributed by atoms with E-state index in [1.807, 2.05) is 42.6 Å². The molecule has 0 unspecified atom stereocenters. The summed E-state index contributed by atoms with van der Waals surface area (Å²) in [4.78, 5) is 13.7. The second kappa shape index (κ2) is 8.03. The molecule has 0 saturated carbocycles. The minimum atomic E-state index is -0.332. The SMILES string of the molecule is COC(=O)c1ccc(C=NN2CCN(c3ccc(Cl)cc3)CC2)cc1. The van der Waals surface area contributed by atoms with Gasteiger partial charge in [0.1, 0.15) is 0 Å². The van der Waals surface area contributed by atoms with Crippen LogP contribution in [-0.2, 0) is 4.74 Å². The molecule has 1 heterocycles. The van der Waals surface area contributed by atoms with Crippen molar-refractivity contribution in [2.75, 3.05) is 38.2 Å². The van der Waals surface area contributed by atoms with Crippen molar-refractivity contribution in [3.8, 4) is 0 Å².